The fourth-order valence-electron chi connectivity index (χ4n) is 1.21. The van der Waals surface area contributed by atoms with Gasteiger partial charge in [-0.2, -0.15) is 13.2 Å². The highest BCUT2D eigenvalue weighted by Gasteiger charge is 2.56. The Hall–Kier alpha value is -1.34. The van der Waals surface area contributed by atoms with Crippen molar-refractivity contribution in [1.29, 1.82) is 0 Å². The Labute approximate surface area is 89.9 Å². The largest absolute Gasteiger partial charge is 0.495 e. The minimum atomic E-state index is -4.91. The lowest BCUT2D eigenvalue weighted by atomic mass is 9.97. The Morgan fingerprint density at radius 3 is 2.56 bits per heavy atom. The van der Waals surface area contributed by atoms with Crippen LogP contribution in [0.15, 0.2) is 18.3 Å². The minimum Gasteiger partial charge on any atom is -0.495 e. The molecule has 0 radical (unpaired) electrons. The van der Waals surface area contributed by atoms with E-state index in [1.165, 1.54) is 19.2 Å². The average Bonchev–Trinajstić information content (AvgIpc) is 2.26. The average molecular weight is 236 g/mol. The second kappa shape index (κ2) is 4.26. The molecule has 1 aromatic heterocycles. The molecule has 7 heteroatoms. The Morgan fingerprint density at radius 1 is 1.50 bits per heavy atom. The van der Waals surface area contributed by atoms with Gasteiger partial charge in [-0.1, -0.05) is 0 Å². The van der Waals surface area contributed by atoms with Gasteiger partial charge < -0.3 is 15.6 Å². The van der Waals surface area contributed by atoms with Crippen LogP contribution in [-0.4, -0.2) is 29.9 Å². The second-order valence-electron chi connectivity index (χ2n) is 3.12. The van der Waals surface area contributed by atoms with Gasteiger partial charge in [-0.15, -0.1) is 0 Å². The number of ether oxygens (including phenoxy) is 1. The zero-order valence-electron chi connectivity index (χ0n) is 8.45. The van der Waals surface area contributed by atoms with Crippen molar-refractivity contribution in [2.24, 2.45) is 5.73 Å². The molecule has 4 nitrogen and oxygen atoms in total. The van der Waals surface area contributed by atoms with Crippen LogP contribution in [0, 0.1) is 0 Å². The van der Waals surface area contributed by atoms with Crippen molar-refractivity contribution in [3.05, 3.63) is 24.0 Å². The normalized spacial score (nSPS) is 15.6. The molecule has 0 saturated carbocycles. The Kier molecular flexibility index (Phi) is 3.39. The van der Waals surface area contributed by atoms with E-state index in [0.29, 0.717) is 0 Å². The Morgan fingerprint density at radius 2 is 2.12 bits per heavy atom. The summed E-state index contributed by atoms with van der Waals surface area (Å²) in [5.41, 5.74) is 1.16. The van der Waals surface area contributed by atoms with E-state index in [9.17, 15) is 18.3 Å². The third-order valence-corrected chi connectivity index (χ3v) is 2.15. The molecular weight excluding hydrogens is 225 g/mol. The monoisotopic (exact) mass is 236 g/mol. The van der Waals surface area contributed by atoms with Gasteiger partial charge in [0, 0.05) is 12.7 Å². The molecule has 0 aromatic carbocycles. The van der Waals surface area contributed by atoms with Gasteiger partial charge >= 0.3 is 6.18 Å². The molecule has 1 heterocycles. The Balaban J connectivity index is 3.33. The van der Waals surface area contributed by atoms with E-state index >= 15 is 0 Å². The van der Waals surface area contributed by atoms with Gasteiger partial charge in [-0.3, -0.25) is 4.98 Å². The number of nitrogens with zero attached hydrogens (tertiary/aromatic N) is 1. The summed E-state index contributed by atoms with van der Waals surface area (Å²) >= 11 is 0. The summed E-state index contributed by atoms with van der Waals surface area (Å²) in [5.74, 6) is -0.159. The van der Waals surface area contributed by atoms with Gasteiger partial charge in [0.2, 0.25) is 5.60 Å². The number of methoxy groups -OCH3 is 1. The molecule has 0 aliphatic rings. The second-order valence-corrected chi connectivity index (χ2v) is 3.12. The molecule has 0 aliphatic carbocycles. The molecular formula is C9H11F3N2O2. The van der Waals surface area contributed by atoms with Crippen molar-refractivity contribution in [3.8, 4) is 5.75 Å². The number of hydrogen-bond donors (Lipinski definition) is 2. The maximum Gasteiger partial charge on any atom is 0.424 e. The minimum absolute atomic E-state index is 0.159. The van der Waals surface area contributed by atoms with Gasteiger partial charge in [0.25, 0.3) is 0 Å². The van der Waals surface area contributed by atoms with Crippen LogP contribution in [0.5, 0.6) is 5.75 Å². The lowest BCUT2D eigenvalue weighted by Gasteiger charge is -2.29. The van der Waals surface area contributed by atoms with Crippen molar-refractivity contribution in [2.45, 2.75) is 11.8 Å². The van der Waals surface area contributed by atoms with Crippen LogP contribution in [-0.2, 0) is 5.60 Å². The molecule has 0 aliphatic heterocycles. The van der Waals surface area contributed by atoms with Crippen LogP contribution < -0.4 is 10.5 Å². The number of aliphatic hydroxyl groups is 1. The third kappa shape index (κ3) is 1.96. The SMILES string of the molecule is COc1cccnc1C(O)(CN)C(F)(F)F. The van der Waals surface area contributed by atoms with Gasteiger partial charge in [-0.05, 0) is 12.1 Å². The number of rotatable bonds is 3. The number of hydrogen-bond acceptors (Lipinski definition) is 4. The first kappa shape index (κ1) is 12.7. The van der Waals surface area contributed by atoms with E-state index < -0.39 is 24.0 Å². The summed E-state index contributed by atoms with van der Waals surface area (Å²) < 4.78 is 42.8. The lowest BCUT2D eigenvalue weighted by molar-refractivity contribution is -0.264. The van der Waals surface area contributed by atoms with Crippen molar-refractivity contribution < 1.29 is 23.0 Å². The predicted octanol–water partition coefficient (Wildman–Crippen LogP) is 0.799. The number of alkyl halides is 3. The van der Waals surface area contributed by atoms with E-state index in [-0.39, 0.29) is 5.75 Å². The molecule has 1 atom stereocenters. The van der Waals surface area contributed by atoms with Crippen molar-refractivity contribution in [1.82, 2.24) is 4.98 Å². The molecule has 3 N–H and O–H groups in total. The predicted molar refractivity (Wildman–Crippen MR) is 49.8 cm³/mol. The standard InChI is InChI=1S/C9H11F3N2O2/c1-16-6-3-2-4-14-7(6)8(15,5-13)9(10,11)12/h2-4,15H,5,13H2,1H3. The van der Waals surface area contributed by atoms with Crippen LogP contribution in [0.4, 0.5) is 13.2 Å². The topological polar surface area (TPSA) is 68.4 Å². The number of aromatic nitrogens is 1. The van der Waals surface area contributed by atoms with Gasteiger partial charge in [0.05, 0.1) is 7.11 Å². The zero-order valence-corrected chi connectivity index (χ0v) is 8.45. The quantitative estimate of drug-likeness (QED) is 0.814. The first-order chi connectivity index (χ1) is 7.36. The van der Waals surface area contributed by atoms with Gasteiger partial charge in [0.1, 0.15) is 11.4 Å². The molecule has 1 rings (SSSR count). The van der Waals surface area contributed by atoms with Crippen molar-refractivity contribution >= 4 is 0 Å². The number of nitrogens with two attached hydrogens (primary N) is 1. The fourth-order valence-corrected chi connectivity index (χ4v) is 1.21. The first-order valence-electron chi connectivity index (χ1n) is 4.35. The summed E-state index contributed by atoms with van der Waals surface area (Å²) in [6.45, 7) is -1.02. The van der Waals surface area contributed by atoms with Crippen molar-refractivity contribution in [2.75, 3.05) is 13.7 Å². The lowest BCUT2D eigenvalue weighted by Crippen LogP contribution is -2.49. The summed E-state index contributed by atoms with van der Waals surface area (Å²) in [6.07, 6.45) is -3.78. The van der Waals surface area contributed by atoms with Gasteiger partial charge in [-0.25, -0.2) is 0 Å². The van der Waals surface area contributed by atoms with E-state index in [2.05, 4.69) is 4.98 Å². The van der Waals surface area contributed by atoms with Crippen LogP contribution in [0.2, 0.25) is 0 Å². The molecule has 0 amide bonds. The molecule has 16 heavy (non-hydrogen) atoms. The maximum atomic E-state index is 12.7. The Bertz CT molecular complexity index is 370. The molecule has 1 aromatic rings. The summed E-state index contributed by atoms with van der Waals surface area (Å²) in [4.78, 5) is 3.48. The number of halogens is 3. The van der Waals surface area contributed by atoms with Crippen LogP contribution >= 0.6 is 0 Å². The van der Waals surface area contributed by atoms with Crippen LogP contribution in [0.25, 0.3) is 0 Å². The van der Waals surface area contributed by atoms with Crippen LogP contribution in [0.1, 0.15) is 5.69 Å². The van der Waals surface area contributed by atoms with E-state index in [1.54, 1.807) is 0 Å². The summed E-state index contributed by atoms with van der Waals surface area (Å²) in [6, 6.07) is 2.67. The smallest absolute Gasteiger partial charge is 0.424 e. The molecule has 0 saturated heterocycles. The van der Waals surface area contributed by atoms with Crippen molar-refractivity contribution in [3.63, 3.8) is 0 Å². The third-order valence-electron chi connectivity index (χ3n) is 2.15. The van der Waals surface area contributed by atoms with E-state index in [0.717, 1.165) is 6.20 Å². The highest BCUT2D eigenvalue weighted by Crippen LogP contribution is 2.40. The van der Waals surface area contributed by atoms with Crippen LogP contribution in [0.3, 0.4) is 0 Å². The molecule has 0 spiro atoms. The molecule has 0 fully saturated rings. The number of pyridine rings is 1. The van der Waals surface area contributed by atoms with E-state index in [4.69, 9.17) is 10.5 Å². The molecule has 0 bridgehead atoms. The maximum absolute atomic E-state index is 12.7. The van der Waals surface area contributed by atoms with Gasteiger partial charge in [0.15, 0.2) is 0 Å². The highest BCUT2D eigenvalue weighted by molar-refractivity contribution is 5.33. The fraction of sp³-hybridized carbons (Fsp3) is 0.444. The summed E-state index contributed by atoms with van der Waals surface area (Å²) in [7, 11) is 1.19. The first-order valence-corrected chi connectivity index (χ1v) is 4.35. The zero-order chi connectivity index (χ0) is 12.4. The molecule has 90 valence electrons. The highest BCUT2D eigenvalue weighted by atomic mass is 19.4. The van der Waals surface area contributed by atoms with E-state index in [1.807, 2.05) is 0 Å². The summed E-state index contributed by atoms with van der Waals surface area (Å²) in [5, 5.41) is 9.55. The molecule has 1 unspecified atom stereocenters.